The summed E-state index contributed by atoms with van der Waals surface area (Å²) in [5.74, 6) is -1.14. The summed E-state index contributed by atoms with van der Waals surface area (Å²) in [5, 5.41) is 0.438. The number of hydrogen-bond acceptors (Lipinski definition) is 8. The van der Waals surface area contributed by atoms with Crippen LogP contribution in [0.2, 0.25) is 0 Å². The van der Waals surface area contributed by atoms with E-state index in [-0.39, 0.29) is 16.3 Å². The average molecular weight is 375 g/mol. The van der Waals surface area contributed by atoms with E-state index in [1.165, 1.54) is 0 Å². The van der Waals surface area contributed by atoms with Crippen molar-refractivity contribution in [1.82, 2.24) is 9.80 Å². The Balaban J connectivity index is 2.25. The van der Waals surface area contributed by atoms with Crippen molar-refractivity contribution in [2.75, 3.05) is 40.4 Å². The van der Waals surface area contributed by atoms with Gasteiger partial charge in [-0.3, -0.25) is 9.80 Å². The van der Waals surface area contributed by atoms with E-state index in [0.717, 1.165) is 25.9 Å². The van der Waals surface area contributed by atoms with Crippen LogP contribution in [0.5, 0.6) is 0 Å². The standard InChI is InChI=1S/C16H26N2O4S2/c1-5-9-21-14(19)11(15(20)22-10-6-2)16-23-12-13(24-16)18(4)8-7-17(12)3/h12-13H,5-10H2,1-4H3. The highest BCUT2D eigenvalue weighted by Crippen LogP contribution is 2.51. The molecule has 136 valence electrons. The van der Waals surface area contributed by atoms with Crippen molar-refractivity contribution in [3.8, 4) is 0 Å². The first-order valence-electron chi connectivity index (χ1n) is 8.31. The molecule has 0 spiro atoms. The zero-order valence-electron chi connectivity index (χ0n) is 14.7. The number of rotatable bonds is 6. The van der Waals surface area contributed by atoms with Crippen LogP contribution in [0.25, 0.3) is 0 Å². The molecule has 2 heterocycles. The van der Waals surface area contributed by atoms with Crippen LogP contribution in [-0.2, 0) is 19.1 Å². The van der Waals surface area contributed by atoms with Crippen LogP contribution in [0, 0.1) is 0 Å². The summed E-state index contributed by atoms with van der Waals surface area (Å²) < 4.78 is 11.2. The number of likely N-dealkylation sites (N-methyl/N-ethyl adjacent to an activating group) is 2. The minimum atomic E-state index is -0.572. The van der Waals surface area contributed by atoms with E-state index in [9.17, 15) is 9.59 Å². The Hall–Kier alpha value is -0.700. The number of ether oxygens (including phenoxy) is 2. The zero-order valence-corrected chi connectivity index (χ0v) is 16.4. The third kappa shape index (κ3) is 4.47. The first-order chi connectivity index (χ1) is 11.5. The zero-order chi connectivity index (χ0) is 17.7. The van der Waals surface area contributed by atoms with Crippen LogP contribution in [-0.4, -0.2) is 72.9 Å². The Kier molecular flexibility index (Phi) is 7.46. The molecule has 0 aromatic heterocycles. The molecule has 2 saturated heterocycles. The minimum Gasteiger partial charge on any atom is -0.462 e. The lowest BCUT2D eigenvalue weighted by Crippen LogP contribution is -2.52. The second kappa shape index (κ2) is 9.12. The fourth-order valence-electron chi connectivity index (χ4n) is 2.45. The van der Waals surface area contributed by atoms with Gasteiger partial charge in [-0.2, -0.15) is 0 Å². The number of piperazine rings is 1. The highest BCUT2D eigenvalue weighted by molar-refractivity contribution is 8.26. The Labute approximate surface area is 152 Å². The molecule has 2 unspecified atom stereocenters. The van der Waals surface area contributed by atoms with Gasteiger partial charge in [-0.15, -0.1) is 0 Å². The molecular weight excluding hydrogens is 348 g/mol. The summed E-state index contributed by atoms with van der Waals surface area (Å²) in [7, 11) is 4.15. The molecule has 2 fully saturated rings. The van der Waals surface area contributed by atoms with Crippen molar-refractivity contribution >= 4 is 35.5 Å². The van der Waals surface area contributed by atoms with Gasteiger partial charge in [0.2, 0.25) is 0 Å². The summed E-state index contributed by atoms with van der Waals surface area (Å²) in [6, 6.07) is 0. The molecule has 0 bridgehead atoms. The van der Waals surface area contributed by atoms with E-state index in [2.05, 4.69) is 23.9 Å². The van der Waals surface area contributed by atoms with Crippen molar-refractivity contribution < 1.29 is 19.1 Å². The largest absolute Gasteiger partial charge is 0.462 e. The van der Waals surface area contributed by atoms with Crippen LogP contribution in [0.15, 0.2) is 9.81 Å². The summed E-state index contributed by atoms with van der Waals surface area (Å²) >= 11 is 3.13. The second-order valence-corrected chi connectivity index (χ2v) is 8.42. The lowest BCUT2D eigenvalue weighted by atomic mass is 10.3. The average Bonchev–Trinajstić information content (AvgIpc) is 3.00. The van der Waals surface area contributed by atoms with E-state index in [4.69, 9.17) is 9.47 Å². The van der Waals surface area contributed by atoms with Gasteiger partial charge in [0.1, 0.15) is 0 Å². The van der Waals surface area contributed by atoms with Gasteiger partial charge >= 0.3 is 11.9 Å². The second-order valence-electron chi connectivity index (χ2n) is 5.91. The van der Waals surface area contributed by atoms with Crippen LogP contribution >= 0.6 is 23.5 Å². The van der Waals surface area contributed by atoms with Crippen molar-refractivity contribution in [3.05, 3.63) is 9.81 Å². The van der Waals surface area contributed by atoms with Crippen molar-refractivity contribution in [2.45, 2.75) is 37.4 Å². The molecule has 2 rings (SSSR count). The Morgan fingerprint density at radius 1 is 0.958 bits per heavy atom. The highest BCUT2D eigenvalue weighted by Gasteiger charge is 2.44. The van der Waals surface area contributed by atoms with Crippen LogP contribution in [0.3, 0.4) is 0 Å². The van der Waals surface area contributed by atoms with Gasteiger partial charge in [-0.1, -0.05) is 37.4 Å². The monoisotopic (exact) mass is 374 g/mol. The van der Waals surface area contributed by atoms with E-state index in [0.29, 0.717) is 17.5 Å². The van der Waals surface area contributed by atoms with Crippen molar-refractivity contribution in [1.29, 1.82) is 0 Å². The van der Waals surface area contributed by atoms with Crippen molar-refractivity contribution in [2.24, 2.45) is 0 Å². The quantitative estimate of drug-likeness (QED) is 0.303. The maximum Gasteiger partial charge on any atom is 0.347 e. The third-order valence-corrected chi connectivity index (χ3v) is 7.17. The summed E-state index contributed by atoms with van der Waals surface area (Å²) in [6.45, 7) is 6.39. The Morgan fingerprint density at radius 2 is 1.38 bits per heavy atom. The topological polar surface area (TPSA) is 59.1 Å². The maximum absolute atomic E-state index is 12.4. The lowest BCUT2D eigenvalue weighted by molar-refractivity contribution is -0.147. The van der Waals surface area contributed by atoms with Crippen LogP contribution in [0.4, 0.5) is 0 Å². The molecule has 0 amide bonds. The molecule has 0 N–H and O–H groups in total. The van der Waals surface area contributed by atoms with Gasteiger partial charge in [0.15, 0.2) is 5.57 Å². The minimum absolute atomic E-state index is 0.0584. The smallest absolute Gasteiger partial charge is 0.347 e. The molecule has 0 saturated carbocycles. The Morgan fingerprint density at radius 3 is 1.75 bits per heavy atom. The molecule has 2 atom stereocenters. The molecule has 6 nitrogen and oxygen atoms in total. The van der Waals surface area contributed by atoms with E-state index in [1.807, 2.05) is 13.8 Å². The molecule has 2 aliphatic rings. The molecule has 8 heteroatoms. The lowest BCUT2D eigenvalue weighted by Gasteiger charge is -2.39. The molecule has 0 radical (unpaired) electrons. The van der Waals surface area contributed by atoms with Gasteiger partial charge in [-0.25, -0.2) is 9.59 Å². The summed E-state index contributed by atoms with van der Waals surface area (Å²) in [5.41, 5.74) is 0.0584. The molecular formula is C16H26N2O4S2. The Bertz CT molecular complexity index is 470. The number of carbonyl (C=O) groups is 2. The maximum atomic E-state index is 12.4. The first kappa shape index (κ1) is 19.6. The summed E-state index contributed by atoms with van der Waals surface area (Å²) in [4.78, 5) is 29.4. The number of fused-ring (bicyclic) bond motifs is 1. The number of thioether (sulfide) groups is 2. The van der Waals surface area contributed by atoms with Gasteiger partial charge in [0.05, 0.1) is 28.2 Å². The van der Waals surface area contributed by atoms with Crippen LogP contribution in [0.1, 0.15) is 26.7 Å². The number of carbonyl (C=O) groups excluding carboxylic acids is 2. The van der Waals surface area contributed by atoms with E-state index >= 15 is 0 Å². The molecule has 0 aliphatic carbocycles. The fourth-order valence-corrected chi connectivity index (χ4v) is 5.82. The molecule has 2 aliphatic heterocycles. The number of nitrogens with zero attached hydrogens (tertiary/aromatic N) is 2. The molecule has 24 heavy (non-hydrogen) atoms. The summed E-state index contributed by atoms with van der Waals surface area (Å²) in [6.07, 6.45) is 1.44. The molecule has 0 aromatic carbocycles. The van der Waals surface area contributed by atoms with Gasteiger partial charge in [0.25, 0.3) is 0 Å². The number of hydrogen-bond donors (Lipinski definition) is 0. The van der Waals surface area contributed by atoms with E-state index in [1.54, 1.807) is 23.5 Å². The van der Waals surface area contributed by atoms with Crippen LogP contribution < -0.4 is 0 Å². The molecule has 0 aromatic rings. The predicted molar refractivity (Wildman–Crippen MR) is 97.5 cm³/mol. The van der Waals surface area contributed by atoms with Crippen molar-refractivity contribution in [3.63, 3.8) is 0 Å². The third-order valence-electron chi connectivity index (χ3n) is 3.86. The predicted octanol–water partition coefficient (Wildman–Crippen LogP) is 2.11. The van der Waals surface area contributed by atoms with Gasteiger partial charge in [-0.05, 0) is 26.9 Å². The number of esters is 2. The highest BCUT2D eigenvalue weighted by atomic mass is 32.2. The first-order valence-corrected chi connectivity index (χ1v) is 10.1. The van der Waals surface area contributed by atoms with Gasteiger partial charge < -0.3 is 9.47 Å². The van der Waals surface area contributed by atoms with Gasteiger partial charge in [0, 0.05) is 13.1 Å². The van der Waals surface area contributed by atoms with E-state index < -0.39 is 11.9 Å². The fraction of sp³-hybridized carbons (Fsp3) is 0.750. The SMILES string of the molecule is CCCOC(=O)C(C(=O)OCCC)=C1SC2C(S1)N(C)CCN2C. The normalized spacial score (nSPS) is 24.6.